The molecule has 0 nitrogen and oxygen atoms in total. The Labute approximate surface area is 126 Å². The summed E-state index contributed by atoms with van der Waals surface area (Å²) >= 11 is 3.76. The molecule has 0 aliphatic carbocycles. The van der Waals surface area contributed by atoms with E-state index in [4.69, 9.17) is 0 Å². The van der Waals surface area contributed by atoms with Crippen molar-refractivity contribution in [2.24, 2.45) is 0 Å². The summed E-state index contributed by atoms with van der Waals surface area (Å²) in [4.78, 5) is 2.74. The number of thiophene rings is 2. The summed E-state index contributed by atoms with van der Waals surface area (Å²) in [5, 5.41) is 2.73. The molecule has 2 heteroatoms. The summed E-state index contributed by atoms with van der Waals surface area (Å²) < 4.78 is 2.77. The zero-order valence-electron chi connectivity index (χ0n) is 11.4. The molecule has 0 spiro atoms. The van der Waals surface area contributed by atoms with Crippen molar-refractivity contribution in [2.45, 2.75) is 13.8 Å². The molecule has 20 heavy (non-hydrogen) atoms. The van der Waals surface area contributed by atoms with Gasteiger partial charge < -0.3 is 0 Å². The molecule has 0 unspecified atom stereocenters. The first-order valence-electron chi connectivity index (χ1n) is 6.70. The van der Waals surface area contributed by atoms with Crippen molar-refractivity contribution >= 4 is 42.8 Å². The minimum Gasteiger partial charge on any atom is -0.141 e. The van der Waals surface area contributed by atoms with Gasteiger partial charge in [-0.1, -0.05) is 29.8 Å². The third-order valence-electron chi connectivity index (χ3n) is 3.61. The van der Waals surface area contributed by atoms with Gasteiger partial charge in [-0.15, -0.1) is 22.7 Å². The SMILES string of the molecule is Cc1ccc(-c2cc3cc4sc(C)cc4cc3s2)cc1. The molecule has 0 aliphatic rings. The summed E-state index contributed by atoms with van der Waals surface area (Å²) in [6, 6.07) is 18.1. The van der Waals surface area contributed by atoms with Gasteiger partial charge in [0.25, 0.3) is 0 Å². The molecule has 2 aromatic heterocycles. The second-order valence-corrected chi connectivity index (χ2v) is 7.63. The van der Waals surface area contributed by atoms with Crippen LogP contribution in [0.5, 0.6) is 0 Å². The first-order valence-corrected chi connectivity index (χ1v) is 8.33. The average molecular weight is 294 g/mol. The molecule has 2 heterocycles. The summed E-state index contributed by atoms with van der Waals surface area (Å²) in [6.45, 7) is 4.31. The highest BCUT2D eigenvalue weighted by atomic mass is 32.1. The van der Waals surface area contributed by atoms with Gasteiger partial charge in [0.05, 0.1) is 0 Å². The van der Waals surface area contributed by atoms with E-state index in [1.165, 1.54) is 41.1 Å². The molecule has 0 fully saturated rings. The number of hydrogen-bond donors (Lipinski definition) is 0. The fourth-order valence-electron chi connectivity index (χ4n) is 2.56. The third kappa shape index (κ3) is 1.96. The minimum absolute atomic E-state index is 1.31. The molecule has 0 bridgehead atoms. The quantitative estimate of drug-likeness (QED) is 0.381. The van der Waals surface area contributed by atoms with Gasteiger partial charge in [0, 0.05) is 19.2 Å². The van der Waals surface area contributed by atoms with Crippen molar-refractivity contribution in [1.29, 1.82) is 0 Å². The number of rotatable bonds is 1. The van der Waals surface area contributed by atoms with Crippen molar-refractivity contribution in [3.8, 4) is 10.4 Å². The molecule has 2 aromatic carbocycles. The van der Waals surface area contributed by atoms with E-state index in [0.717, 1.165) is 0 Å². The van der Waals surface area contributed by atoms with Crippen LogP contribution in [-0.2, 0) is 0 Å². The Bertz CT molecular complexity index is 857. The van der Waals surface area contributed by atoms with E-state index in [2.05, 4.69) is 62.4 Å². The number of aryl methyl sites for hydroxylation is 2. The first-order chi connectivity index (χ1) is 9.69. The maximum absolute atomic E-state index is 2.33. The van der Waals surface area contributed by atoms with Crippen LogP contribution in [0.2, 0.25) is 0 Å². The van der Waals surface area contributed by atoms with Crippen LogP contribution in [0.1, 0.15) is 10.4 Å². The topological polar surface area (TPSA) is 0 Å². The lowest BCUT2D eigenvalue weighted by atomic mass is 10.1. The van der Waals surface area contributed by atoms with Crippen molar-refractivity contribution in [1.82, 2.24) is 0 Å². The van der Waals surface area contributed by atoms with E-state index in [9.17, 15) is 0 Å². The smallest absolute Gasteiger partial charge is 0.0356 e. The molecule has 0 amide bonds. The Hall–Kier alpha value is -1.64. The van der Waals surface area contributed by atoms with Gasteiger partial charge in [-0.25, -0.2) is 0 Å². The summed E-state index contributed by atoms with van der Waals surface area (Å²) in [7, 11) is 0. The molecule has 0 saturated carbocycles. The van der Waals surface area contributed by atoms with Gasteiger partial charge in [0.2, 0.25) is 0 Å². The summed E-state index contributed by atoms with van der Waals surface area (Å²) in [5.41, 5.74) is 2.63. The second-order valence-electron chi connectivity index (χ2n) is 5.26. The van der Waals surface area contributed by atoms with Gasteiger partial charge in [-0.05, 0) is 54.4 Å². The van der Waals surface area contributed by atoms with E-state index in [1.807, 2.05) is 22.7 Å². The molecule has 4 aromatic rings. The molecular weight excluding hydrogens is 280 g/mol. The third-order valence-corrected chi connectivity index (χ3v) is 5.77. The maximum atomic E-state index is 2.33. The Morgan fingerprint density at radius 3 is 2.10 bits per heavy atom. The molecule has 0 radical (unpaired) electrons. The predicted octanol–water partition coefficient (Wildman–Crippen LogP) is 6.40. The molecule has 4 rings (SSSR count). The van der Waals surface area contributed by atoms with Gasteiger partial charge in [-0.2, -0.15) is 0 Å². The monoisotopic (exact) mass is 294 g/mol. The van der Waals surface area contributed by atoms with Crippen LogP contribution in [0.3, 0.4) is 0 Å². The van der Waals surface area contributed by atoms with E-state index in [-0.39, 0.29) is 0 Å². The molecule has 98 valence electrons. The zero-order chi connectivity index (χ0) is 13.7. The second kappa shape index (κ2) is 4.44. The van der Waals surface area contributed by atoms with Gasteiger partial charge in [0.15, 0.2) is 0 Å². The van der Waals surface area contributed by atoms with E-state index in [1.54, 1.807) is 0 Å². The van der Waals surface area contributed by atoms with Gasteiger partial charge >= 0.3 is 0 Å². The maximum Gasteiger partial charge on any atom is 0.0356 e. The molecule has 0 aliphatic heterocycles. The van der Waals surface area contributed by atoms with Crippen LogP contribution in [-0.4, -0.2) is 0 Å². The van der Waals surface area contributed by atoms with E-state index < -0.39 is 0 Å². The normalized spacial score (nSPS) is 11.5. The number of fused-ring (bicyclic) bond motifs is 2. The highest BCUT2D eigenvalue weighted by Crippen LogP contribution is 2.37. The van der Waals surface area contributed by atoms with E-state index in [0.29, 0.717) is 0 Å². The predicted molar refractivity (Wildman–Crippen MR) is 92.1 cm³/mol. The standard InChI is InChI=1S/C18H14S2/c1-11-3-5-13(6-4-11)16-9-15-10-17-14(7-12(2)19-17)8-18(15)20-16/h3-10H,1-2H3. The van der Waals surface area contributed by atoms with Crippen LogP contribution in [0.25, 0.3) is 30.6 Å². The highest BCUT2D eigenvalue weighted by molar-refractivity contribution is 7.22. The van der Waals surface area contributed by atoms with Crippen molar-refractivity contribution in [3.05, 3.63) is 59.0 Å². The van der Waals surface area contributed by atoms with Crippen LogP contribution in [0.15, 0.2) is 48.5 Å². The van der Waals surface area contributed by atoms with Crippen molar-refractivity contribution in [2.75, 3.05) is 0 Å². The Balaban J connectivity index is 1.91. The summed E-state index contributed by atoms with van der Waals surface area (Å²) in [5.74, 6) is 0. The zero-order valence-corrected chi connectivity index (χ0v) is 13.1. The van der Waals surface area contributed by atoms with Crippen LogP contribution >= 0.6 is 22.7 Å². The van der Waals surface area contributed by atoms with Crippen molar-refractivity contribution in [3.63, 3.8) is 0 Å². The Kier molecular flexibility index (Phi) is 2.69. The fourth-order valence-corrected chi connectivity index (χ4v) is 4.62. The molecule has 0 N–H and O–H groups in total. The Morgan fingerprint density at radius 2 is 1.35 bits per heavy atom. The van der Waals surface area contributed by atoms with E-state index >= 15 is 0 Å². The molecular formula is C18H14S2. The Morgan fingerprint density at radius 1 is 0.700 bits per heavy atom. The minimum atomic E-state index is 1.31. The lowest BCUT2D eigenvalue weighted by molar-refractivity contribution is 1.48. The van der Waals surface area contributed by atoms with Crippen LogP contribution < -0.4 is 0 Å². The van der Waals surface area contributed by atoms with Crippen LogP contribution in [0.4, 0.5) is 0 Å². The van der Waals surface area contributed by atoms with Gasteiger partial charge in [-0.3, -0.25) is 0 Å². The fraction of sp³-hybridized carbons (Fsp3) is 0.111. The first kappa shape index (κ1) is 12.1. The van der Waals surface area contributed by atoms with Crippen molar-refractivity contribution < 1.29 is 0 Å². The highest BCUT2D eigenvalue weighted by Gasteiger charge is 2.07. The number of benzene rings is 2. The lowest BCUT2D eigenvalue weighted by Gasteiger charge is -1.96. The largest absolute Gasteiger partial charge is 0.141 e. The molecule has 0 atom stereocenters. The summed E-state index contributed by atoms with van der Waals surface area (Å²) in [6.07, 6.45) is 0. The average Bonchev–Trinajstić information content (AvgIpc) is 2.97. The van der Waals surface area contributed by atoms with Crippen LogP contribution in [0, 0.1) is 13.8 Å². The molecule has 0 saturated heterocycles. The lowest BCUT2D eigenvalue weighted by Crippen LogP contribution is -1.72. The van der Waals surface area contributed by atoms with Gasteiger partial charge in [0.1, 0.15) is 0 Å². The number of hydrogen-bond acceptors (Lipinski definition) is 2.